The monoisotopic (exact) mass is 491 g/mol. The number of para-hydroxylation sites is 1. The zero-order chi connectivity index (χ0) is 26.4. The van der Waals surface area contributed by atoms with Crippen molar-refractivity contribution in [2.24, 2.45) is 17.8 Å². The molecule has 2 aromatic carbocycles. The van der Waals surface area contributed by atoms with Crippen LogP contribution in [0.2, 0.25) is 0 Å². The zero-order valence-electron chi connectivity index (χ0n) is 21.4. The van der Waals surface area contributed by atoms with Gasteiger partial charge in [0.2, 0.25) is 0 Å². The van der Waals surface area contributed by atoms with Crippen molar-refractivity contribution < 1.29 is 9.66 Å². The molecule has 0 radical (unpaired) electrons. The fourth-order valence-corrected chi connectivity index (χ4v) is 3.90. The van der Waals surface area contributed by atoms with Gasteiger partial charge in [-0.25, -0.2) is 4.99 Å². The van der Waals surface area contributed by atoms with E-state index in [0.717, 1.165) is 23.0 Å². The molecule has 0 amide bonds. The van der Waals surface area contributed by atoms with Gasteiger partial charge in [-0.2, -0.15) is 0 Å². The molecule has 0 aliphatic rings. The highest BCUT2D eigenvalue weighted by Gasteiger charge is 2.22. The minimum absolute atomic E-state index is 0.0486. The maximum atomic E-state index is 11.9. The maximum absolute atomic E-state index is 11.9. The van der Waals surface area contributed by atoms with Crippen molar-refractivity contribution in [2.75, 3.05) is 51.6 Å². The number of anilines is 2. The molecule has 1 aromatic heterocycles. The van der Waals surface area contributed by atoms with Crippen LogP contribution in [0.5, 0.6) is 5.75 Å². The molecule has 0 saturated heterocycles. The number of rotatable bonds is 11. The number of aryl methyl sites for hydroxylation is 1. The van der Waals surface area contributed by atoms with Gasteiger partial charge >= 0.3 is 0 Å². The summed E-state index contributed by atoms with van der Waals surface area (Å²) in [5.74, 6) is 0.710. The lowest BCUT2D eigenvalue weighted by Crippen LogP contribution is -2.29. The van der Waals surface area contributed by atoms with Crippen LogP contribution in [-0.4, -0.2) is 61.4 Å². The number of fused-ring (bicyclic) bond motifs is 1. The van der Waals surface area contributed by atoms with Crippen LogP contribution in [0.1, 0.15) is 5.56 Å². The molecule has 0 aliphatic heterocycles. The number of likely N-dealkylation sites (N-methyl/N-ethyl adjacent to an activating group) is 2. The smallest absolute Gasteiger partial charge is 0.294 e. The largest absolute Gasteiger partial charge is 0.494 e. The van der Waals surface area contributed by atoms with Crippen LogP contribution >= 0.6 is 0 Å². The quantitative estimate of drug-likeness (QED) is 0.237. The lowest BCUT2D eigenvalue weighted by Gasteiger charge is -2.23. The number of nitrogens with zero attached hydrogens (tertiary/aromatic N) is 5. The number of methoxy groups -OCH3 is 1. The number of nitrogens with one attached hydrogen (secondary N) is 1. The highest BCUT2D eigenvalue weighted by Crippen LogP contribution is 2.38. The Kier molecular flexibility index (Phi) is 8.34. The van der Waals surface area contributed by atoms with Gasteiger partial charge in [-0.1, -0.05) is 24.8 Å². The first kappa shape index (κ1) is 26.3. The first-order valence-corrected chi connectivity index (χ1v) is 11.4. The molecule has 0 spiro atoms. The van der Waals surface area contributed by atoms with E-state index in [2.05, 4.69) is 16.9 Å². The summed E-state index contributed by atoms with van der Waals surface area (Å²) in [5.41, 5.74) is 9.04. The summed E-state index contributed by atoms with van der Waals surface area (Å²) < 4.78 is 7.56. The highest BCUT2D eigenvalue weighted by molar-refractivity contribution is 6.16. The van der Waals surface area contributed by atoms with Crippen LogP contribution in [0, 0.1) is 10.1 Å². The van der Waals surface area contributed by atoms with Crippen molar-refractivity contribution in [1.82, 2.24) is 9.47 Å². The summed E-state index contributed by atoms with van der Waals surface area (Å²) in [4.78, 5) is 20.0. The molecule has 10 nitrogen and oxygen atoms in total. The molecule has 0 bridgehead atoms. The van der Waals surface area contributed by atoms with Crippen LogP contribution in [0.25, 0.3) is 10.9 Å². The van der Waals surface area contributed by atoms with Crippen LogP contribution in [0.3, 0.4) is 0 Å². The van der Waals surface area contributed by atoms with E-state index in [1.165, 1.54) is 19.4 Å². The molecule has 0 atom stereocenters. The summed E-state index contributed by atoms with van der Waals surface area (Å²) in [5, 5.41) is 16.0. The average molecular weight is 492 g/mol. The third-order valence-corrected chi connectivity index (χ3v) is 5.75. The van der Waals surface area contributed by atoms with Gasteiger partial charge in [0.05, 0.1) is 23.4 Å². The third-order valence-electron chi connectivity index (χ3n) is 5.75. The van der Waals surface area contributed by atoms with Crippen LogP contribution in [-0.2, 0) is 7.05 Å². The minimum atomic E-state index is -0.406. The lowest BCUT2D eigenvalue weighted by molar-refractivity contribution is -0.384. The topological polar surface area (TPSA) is 114 Å². The van der Waals surface area contributed by atoms with Crippen LogP contribution < -0.4 is 20.7 Å². The molecule has 36 heavy (non-hydrogen) atoms. The molecular formula is C26H33N7O3. The summed E-state index contributed by atoms with van der Waals surface area (Å²) in [6.07, 6.45) is 5.08. The fourth-order valence-electron chi connectivity index (χ4n) is 3.90. The van der Waals surface area contributed by atoms with Crippen molar-refractivity contribution in [3.05, 3.63) is 82.9 Å². The number of ether oxygens (including phenoxy) is 1. The second kappa shape index (κ2) is 11.4. The number of hydrogen-bond acceptors (Lipinski definition) is 8. The number of aliphatic imine (C=N–C) groups is 1. The maximum Gasteiger partial charge on any atom is 0.294 e. The molecule has 0 fully saturated rings. The average Bonchev–Trinajstić information content (AvgIpc) is 3.18. The second-order valence-corrected chi connectivity index (χ2v) is 8.62. The highest BCUT2D eigenvalue weighted by atomic mass is 16.6. The lowest BCUT2D eigenvalue weighted by atomic mass is 10.1. The van der Waals surface area contributed by atoms with Crippen LogP contribution in [0.4, 0.5) is 17.1 Å². The van der Waals surface area contributed by atoms with Crippen molar-refractivity contribution in [3.63, 3.8) is 0 Å². The number of allylic oxidation sites excluding steroid dienone is 1. The molecule has 10 heteroatoms. The zero-order valence-corrected chi connectivity index (χ0v) is 21.4. The third kappa shape index (κ3) is 5.84. The minimum Gasteiger partial charge on any atom is -0.494 e. The number of aromatic nitrogens is 1. The first-order chi connectivity index (χ1) is 17.2. The SMILES string of the molecule is C=C(N=C(/C=C\N)c1cn(C)c2ccccc12)Nc1cc([N+](=O)[O-])c(N(C)CCN(C)C)cc1OC. The number of nitrogens with two attached hydrogens (primary N) is 1. The van der Waals surface area contributed by atoms with Crippen LogP contribution in [0.15, 0.2) is 72.3 Å². The van der Waals surface area contributed by atoms with Crippen molar-refractivity contribution >= 4 is 33.7 Å². The van der Waals surface area contributed by atoms with E-state index in [1.54, 1.807) is 12.1 Å². The van der Waals surface area contributed by atoms with Gasteiger partial charge < -0.3 is 30.2 Å². The van der Waals surface area contributed by atoms with Gasteiger partial charge in [0.15, 0.2) is 0 Å². The predicted molar refractivity (Wildman–Crippen MR) is 147 cm³/mol. The van der Waals surface area contributed by atoms with Gasteiger partial charge in [-0.3, -0.25) is 10.1 Å². The standard InChI is InChI=1S/C26H33N7O3/c1-18(28-21(11-12-27)20-17-32(5)23-10-8-7-9-19(20)23)29-22-15-25(33(34)35)24(16-26(22)36-6)31(4)14-13-30(2)3/h7-12,15-17,29H,1,13-14,27H2,2-6H3/b12-11-,28-21?. The summed E-state index contributed by atoms with van der Waals surface area (Å²) in [7, 11) is 9.20. The Bertz CT molecular complexity index is 1320. The molecule has 0 aliphatic carbocycles. The number of hydrogen-bond donors (Lipinski definition) is 2. The number of benzene rings is 2. The predicted octanol–water partition coefficient (Wildman–Crippen LogP) is 3.94. The molecule has 3 N–H and O–H groups in total. The Balaban J connectivity index is 1.98. The van der Waals surface area contributed by atoms with Gasteiger partial charge in [0.1, 0.15) is 17.3 Å². The summed E-state index contributed by atoms with van der Waals surface area (Å²) in [6.45, 7) is 5.37. The molecular weight excluding hydrogens is 458 g/mol. The molecule has 0 unspecified atom stereocenters. The van der Waals surface area contributed by atoms with E-state index >= 15 is 0 Å². The molecule has 1 heterocycles. The van der Waals surface area contributed by atoms with E-state index < -0.39 is 4.92 Å². The Labute approximate surface area is 211 Å². The Morgan fingerprint density at radius 2 is 2.00 bits per heavy atom. The molecule has 0 saturated carbocycles. The van der Waals surface area contributed by atoms with Gasteiger partial charge in [-0.15, -0.1) is 0 Å². The summed E-state index contributed by atoms with van der Waals surface area (Å²) in [6, 6.07) is 11.1. The summed E-state index contributed by atoms with van der Waals surface area (Å²) >= 11 is 0. The second-order valence-electron chi connectivity index (χ2n) is 8.62. The fraction of sp³-hybridized carbons (Fsp3) is 0.269. The number of nitro groups is 1. The molecule has 3 rings (SSSR count). The normalized spacial score (nSPS) is 11.9. The van der Waals surface area contributed by atoms with Gasteiger partial charge in [0.25, 0.3) is 5.69 Å². The first-order valence-electron chi connectivity index (χ1n) is 11.4. The van der Waals surface area contributed by atoms with Crippen molar-refractivity contribution in [1.29, 1.82) is 0 Å². The van der Waals surface area contributed by atoms with E-state index in [1.807, 2.05) is 73.0 Å². The molecule has 3 aromatic rings. The van der Waals surface area contributed by atoms with E-state index in [9.17, 15) is 10.1 Å². The Morgan fingerprint density at radius 3 is 2.64 bits per heavy atom. The Hall–Kier alpha value is -4.31. The number of nitro benzene ring substituents is 1. The van der Waals surface area contributed by atoms with Gasteiger partial charge in [-0.05, 0) is 32.4 Å². The van der Waals surface area contributed by atoms with E-state index in [-0.39, 0.29) is 11.5 Å². The van der Waals surface area contributed by atoms with Gasteiger partial charge in [0, 0.05) is 62.0 Å². The molecule has 190 valence electrons. The van der Waals surface area contributed by atoms with E-state index in [0.29, 0.717) is 29.4 Å². The van der Waals surface area contributed by atoms with Crippen molar-refractivity contribution in [3.8, 4) is 5.75 Å². The van der Waals surface area contributed by atoms with Crippen molar-refractivity contribution in [2.45, 2.75) is 0 Å². The van der Waals surface area contributed by atoms with E-state index in [4.69, 9.17) is 10.5 Å². The Morgan fingerprint density at radius 1 is 1.28 bits per heavy atom.